The second-order valence-corrected chi connectivity index (χ2v) is 4.28. The molecule has 0 saturated carbocycles. The zero-order chi connectivity index (χ0) is 13.2. The molecule has 4 amide bonds. The van der Waals surface area contributed by atoms with Crippen LogP contribution in [0.4, 0.5) is 4.79 Å². The third kappa shape index (κ3) is 3.01. The van der Waals surface area contributed by atoms with Crippen molar-refractivity contribution in [2.24, 2.45) is 0 Å². The van der Waals surface area contributed by atoms with E-state index in [0.29, 0.717) is 0 Å². The number of nitrogens with zero attached hydrogens (tertiary/aromatic N) is 2. The standard InChI is InChI=1S/C10H17N3O4/c1-6(2)11-4-7(14)5-13-9(16)8(15)12(3)10(13)17/h6-7,11,14H,4-5H2,1-3H3. The highest BCUT2D eigenvalue weighted by molar-refractivity contribution is 6.44. The number of imide groups is 2. The Kier molecular flexibility index (Phi) is 4.19. The van der Waals surface area contributed by atoms with Gasteiger partial charge in [-0.15, -0.1) is 0 Å². The minimum absolute atomic E-state index is 0.173. The summed E-state index contributed by atoms with van der Waals surface area (Å²) in [6.45, 7) is 3.91. The summed E-state index contributed by atoms with van der Waals surface area (Å²) in [6.07, 6.45) is -0.885. The van der Waals surface area contributed by atoms with Crippen molar-refractivity contribution in [3.8, 4) is 0 Å². The number of aliphatic hydroxyl groups excluding tert-OH is 1. The van der Waals surface area contributed by atoms with Gasteiger partial charge in [0.25, 0.3) is 0 Å². The van der Waals surface area contributed by atoms with E-state index in [4.69, 9.17) is 0 Å². The molecule has 1 unspecified atom stereocenters. The first-order chi connectivity index (χ1) is 7.84. The first-order valence-electron chi connectivity index (χ1n) is 5.39. The summed E-state index contributed by atoms with van der Waals surface area (Å²) < 4.78 is 0. The normalized spacial score (nSPS) is 18.5. The number of β-amino-alcohol motifs (C(OH)–C–C–N with tert-alkyl or cyclic N) is 1. The van der Waals surface area contributed by atoms with E-state index in [1.807, 2.05) is 13.8 Å². The summed E-state index contributed by atoms with van der Waals surface area (Å²) in [5, 5.41) is 12.6. The van der Waals surface area contributed by atoms with Gasteiger partial charge < -0.3 is 10.4 Å². The molecule has 0 aromatic rings. The van der Waals surface area contributed by atoms with Crippen LogP contribution in [0.3, 0.4) is 0 Å². The predicted molar refractivity (Wildman–Crippen MR) is 59.0 cm³/mol. The fourth-order valence-electron chi connectivity index (χ4n) is 1.42. The molecule has 1 heterocycles. The summed E-state index contributed by atoms with van der Waals surface area (Å²) in [5.41, 5.74) is 0. The van der Waals surface area contributed by atoms with E-state index in [-0.39, 0.29) is 19.1 Å². The molecule has 7 heteroatoms. The second-order valence-electron chi connectivity index (χ2n) is 4.28. The summed E-state index contributed by atoms with van der Waals surface area (Å²) in [7, 11) is 1.24. The van der Waals surface area contributed by atoms with Crippen molar-refractivity contribution in [3.63, 3.8) is 0 Å². The number of likely N-dealkylation sites (N-methyl/N-ethyl adjacent to an activating group) is 1. The number of hydrogen-bond donors (Lipinski definition) is 2. The van der Waals surface area contributed by atoms with E-state index in [9.17, 15) is 19.5 Å². The lowest BCUT2D eigenvalue weighted by Crippen LogP contribution is -2.43. The Hall–Kier alpha value is -1.47. The van der Waals surface area contributed by atoms with Gasteiger partial charge in [-0.2, -0.15) is 0 Å². The zero-order valence-electron chi connectivity index (χ0n) is 10.1. The predicted octanol–water partition coefficient (Wildman–Crippen LogP) is -1.23. The van der Waals surface area contributed by atoms with E-state index in [1.54, 1.807) is 0 Å². The van der Waals surface area contributed by atoms with Crippen LogP contribution < -0.4 is 5.32 Å². The van der Waals surface area contributed by atoms with Crippen LogP contribution in [-0.2, 0) is 9.59 Å². The van der Waals surface area contributed by atoms with E-state index in [1.165, 1.54) is 7.05 Å². The molecule has 7 nitrogen and oxygen atoms in total. The number of urea groups is 1. The zero-order valence-corrected chi connectivity index (χ0v) is 10.1. The highest BCUT2D eigenvalue weighted by Crippen LogP contribution is 2.09. The molecule has 0 aromatic heterocycles. The summed E-state index contributed by atoms with van der Waals surface area (Å²) in [6, 6.07) is -0.498. The van der Waals surface area contributed by atoms with Crippen molar-refractivity contribution in [2.75, 3.05) is 20.1 Å². The summed E-state index contributed by atoms with van der Waals surface area (Å²) in [4.78, 5) is 35.6. The van der Waals surface area contributed by atoms with Gasteiger partial charge in [-0.1, -0.05) is 13.8 Å². The van der Waals surface area contributed by atoms with Crippen LogP contribution in [-0.4, -0.2) is 65.0 Å². The summed E-state index contributed by atoms with van der Waals surface area (Å²) in [5.74, 6) is -1.75. The van der Waals surface area contributed by atoms with Crippen LogP contribution >= 0.6 is 0 Å². The topological polar surface area (TPSA) is 89.9 Å². The number of carbonyl (C=O) groups excluding carboxylic acids is 3. The maximum Gasteiger partial charge on any atom is 0.334 e. The van der Waals surface area contributed by atoms with Crippen molar-refractivity contribution >= 4 is 17.8 Å². The molecule has 1 atom stereocenters. The fourth-order valence-corrected chi connectivity index (χ4v) is 1.42. The smallest absolute Gasteiger partial charge is 0.334 e. The van der Waals surface area contributed by atoms with E-state index in [0.717, 1.165) is 9.80 Å². The van der Waals surface area contributed by atoms with Gasteiger partial charge in [-0.05, 0) is 0 Å². The lowest BCUT2D eigenvalue weighted by molar-refractivity contribution is -0.143. The van der Waals surface area contributed by atoms with Crippen LogP contribution in [0, 0.1) is 0 Å². The van der Waals surface area contributed by atoms with Crippen molar-refractivity contribution in [1.29, 1.82) is 0 Å². The molecule has 0 aliphatic carbocycles. The molecule has 0 aromatic carbocycles. The van der Waals surface area contributed by atoms with Crippen LogP contribution in [0.2, 0.25) is 0 Å². The lowest BCUT2D eigenvalue weighted by Gasteiger charge is -2.18. The third-order valence-electron chi connectivity index (χ3n) is 2.41. The van der Waals surface area contributed by atoms with Crippen LogP contribution in [0.1, 0.15) is 13.8 Å². The molecule has 0 bridgehead atoms. The first kappa shape index (κ1) is 13.6. The number of aliphatic hydroxyl groups is 1. The largest absolute Gasteiger partial charge is 0.390 e. The molecule has 1 aliphatic heterocycles. The Labute approximate surface area is 99.4 Å². The molecule has 1 fully saturated rings. The molecular formula is C10H17N3O4. The van der Waals surface area contributed by atoms with Crippen LogP contribution in [0.5, 0.6) is 0 Å². The Balaban J connectivity index is 2.54. The van der Waals surface area contributed by atoms with Crippen molar-refractivity contribution in [2.45, 2.75) is 26.0 Å². The minimum Gasteiger partial charge on any atom is -0.390 e. The van der Waals surface area contributed by atoms with Gasteiger partial charge in [-0.3, -0.25) is 19.4 Å². The highest BCUT2D eigenvalue weighted by atomic mass is 16.3. The van der Waals surface area contributed by atoms with Gasteiger partial charge in [0.1, 0.15) is 0 Å². The fraction of sp³-hybridized carbons (Fsp3) is 0.700. The molecule has 17 heavy (non-hydrogen) atoms. The van der Waals surface area contributed by atoms with Crippen LogP contribution in [0.15, 0.2) is 0 Å². The lowest BCUT2D eigenvalue weighted by atomic mass is 10.3. The molecule has 0 spiro atoms. The number of rotatable bonds is 5. The number of carbonyl (C=O) groups is 3. The van der Waals surface area contributed by atoms with Gasteiger partial charge in [0, 0.05) is 19.6 Å². The second kappa shape index (κ2) is 5.24. The molecule has 1 rings (SSSR count). The number of nitrogens with one attached hydrogen (secondary N) is 1. The number of hydrogen-bond acceptors (Lipinski definition) is 5. The quantitative estimate of drug-likeness (QED) is 0.466. The Morgan fingerprint density at radius 3 is 2.24 bits per heavy atom. The van der Waals surface area contributed by atoms with Crippen molar-refractivity contribution in [3.05, 3.63) is 0 Å². The van der Waals surface area contributed by atoms with Gasteiger partial charge in [0.2, 0.25) is 0 Å². The van der Waals surface area contributed by atoms with Gasteiger partial charge in [0.05, 0.1) is 12.6 Å². The van der Waals surface area contributed by atoms with Gasteiger partial charge >= 0.3 is 17.8 Å². The average Bonchev–Trinajstić information content (AvgIpc) is 2.44. The Morgan fingerprint density at radius 2 is 1.82 bits per heavy atom. The van der Waals surface area contributed by atoms with Crippen molar-refractivity contribution in [1.82, 2.24) is 15.1 Å². The number of amides is 4. The van der Waals surface area contributed by atoms with E-state index < -0.39 is 23.9 Å². The van der Waals surface area contributed by atoms with Gasteiger partial charge in [0.15, 0.2) is 0 Å². The van der Waals surface area contributed by atoms with E-state index in [2.05, 4.69) is 5.32 Å². The molecular weight excluding hydrogens is 226 g/mol. The summed E-state index contributed by atoms with van der Waals surface area (Å²) >= 11 is 0. The molecule has 96 valence electrons. The van der Waals surface area contributed by atoms with E-state index >= 15 is 0 Å². The van der Waals surface area contributed by atoms with Crippen LogP contribution in [0.25, 0.3) is 0 Å². The Bertz CT molecular complexity index is 342. The Morgan fingerprint density at radius 1 is 1.24 bits per heavy atom. The maximum atomic E-state index is 11.5. The minimum atomic E-state index is -0.888. The maximum absolute atomic E-state index is 11.5. The average molecular weight is 243 g/mol. The third-order valence-corrected chi connectivity index (χ3v) is 2.41. The van der Waals surface area contributed by atoms with Crippen molar-refractivity contribution < 1.29 is 19.5 Å². The first-order valence-corrected chi connectivity index (χ1v) is 5.39. The molecule has 0 radical (unpaired) electrons. The van der Waals surface area contributed by atoms with Gasteiger partial charge in [-0.25, -0.2) is 4.79 Å². The SMILES string of the molecule is CC(C)NCC(O)CN1C(=O)C(=O)N(C)C1=O. The monoisotopic (exact) mass is 243 g/mol. The molecule has 2 N–H and O–H groups in total. The molecule has 1 aliphatic rings. The molecule has 1 saturated heterocycles. The highest BCUT2D eigenvalue weighted by Gasteiger charge is 2.42.